The van der Waals surface area contributed by atoms with E-state index in [0.717, 1.165) is 23.1 Å². The van der Waals surface area contributed by atoms with E-state index in [9.17, 15) is 14.7 Å². The van der Waals surface area contributed by atoms with Gasteiger partial charge in [-0.3, -0.25) is 9.78 Å². The summed E-state index contributed by atoms with van der Waals surface area (Å²) in [7, 11) is 0. The molecule has 5 heteroatoms. The molecule has 2 heterocycles. The van der Waals surface area contributed by atoms with E-state index < -0.39 is 5.97 Å². The number of quaternary nitrogens is 1. The van der Waals surface area contributed by atoms with Gasteiger partial charge in [0.05, 0.1) is 19.4 Å². The van der Waals surface area contributed by atoms with Crippen LogP contribution in [0, 0.1) is 0 Å². The third kappa shape index (κ3) is 3.89. The third-order valence-corrected chi connectivity index (χ3v) is 6.00. The highest BCUT2D eigenvalue weighted by molar-refractivity contribution is 5.77. The number of hydrogen-bond donors (Lipinski definition) is 1. The van der Waals surface area contributed by atoms with Crippen LogP contribution < -0.4 is 0 Å². The molecule has 30 heavy (non-hydrogen) atoms. The van der Waals surface area contributed by atoms with Gasteiger partial charge in [0, 0.05) is 35.5 Å². The molecule has 0 radical (unpaired) electrons. The minimum absolute atomic E-state index is 0.0198. The molecule has 2 aromatic carbocycles. The molecule has 0 bridgehead atoms. The Kier molecular flexibility index (Phi) is 5.72. The molecular formula is C25H25N2O3+. The summed E-state index contributed by atoms with van der Waals surface area (Å²) in [6, 6.07) is 22.1. The summed E-state index contributed by atoms with van der Waals surface area (Å²) in [6.45, 7) is 1.15. The minimum Gasteiger partial charge on any atom is -0.481 e. The van der Waals surface area contributed by atoms with Crippen molar-refractivity contribution in [2.45, 2.75) is 31.8 Å². The normalized spacial score (nSPS) is 20.3. The predicted molar refractivity (Wildman–Crippen MR) is 113 cm³/mol. The molecular weight excluding hydrogens is 376 g/mol. The number of pyridine rings is 1. The maximum atomic E-state index is 13.7. The van der Waals surface area contributed by atoms with Gasteiger partial charge in [-0.25, -0.2) is 9.28 Å². The first kappa shape index (κ1) is 20.0. The second-order valence-corrected chi connectivity index (χ2v) is 7.82. The fourth-order valence-electron chi connectivity index (χ4n) is 4.62. The molecule has 152 valence electrons. The Morgan fingerprint density at radius 3 is 2.37 bits per heavy atom. The van der Waals surface area contributed by atoms with Crippen LogP contribution in [0.25, 0.3) is 0 Å². The Morgan fingerprint density at radius 2 is 1.63 bits per heavy atom. The van der Waals surface area contributed by atoms with E-state index in [0.29, 0.717) is 13.1 Å². The molecule has 0 fully saturated rings. The summed E-state index contributed by atoms with van der Waals surface area (Å²) in [5.74, 6) is -0.975. The van der Waals surface area contributed by atoms with Crippen molar-refractivity contribution in [3.63, 3.8) is 0 Å². The molecule has 1 aliphatic heterocycles. The molecule has 1 aliphatic rings. The molecule has 1 N–H and O–H groups in total. The van der Waals surface area contributed by atoms with Crippen molar-refractivity contribution in [3.05, 3.63) is 101 Å². The lowest BCUT2D eigenvalue weighted by Gasteiger charge is -2.46. The molecule has 5 nitrogen and oxygen atoms in total. The number of carbonyl (C=O) groups excluding carboxylic acids is 1. The number of amides is 1. The number of rotatable bonds is 6. The van der Waals surface area contributed by atoms with Crippen LogP contribution >= 0.6 is 0 Å². The maximum absolute atomic E-state index is 13.7. The van der Waals surface area contributed by atoms with E-state index >= 15 is 0 Å². The van der Waals surface area contributed by atoms with Crippen molar-refractivity contribution in [2.75, 3.05) is 6.54 Å². The Bertz CT molecular complexity index is 1040. The summed E-state index contributed by atoms with van der Waals surface area (Å²) in [5, 5.41) is 9.21. The highest BCUT2D eigenvalue weighted by Crippen LogP contribution is 2.43. The zero-order valence-corrected chi connectivity index (χ0v) is 16.8. The highest BCUT2D eigenvalue weighted by atomic mass is 16.4. The van der Waals surface area contributed by atoms with Crippen LogP contribution in [0.5, 0.6) is 0 Å². The van der Waals surface area contributed by atoms with Gasteiger partial charge in [0.25, 0.3) is 0 Å². The number of carbonyl (C=O) groups is 2. The number of hydrogen-bond acceptors (Lipinski definition) is 3. The van der Waals surface area contributed by atoms with E-state index in [4.69, 9.17) is 0 Å². The second-order valence-electron chi connectivity index (χ2n) is 7.82. The number of benzene rings is 2. The molecule has 3 aromatic rings. The minimum atomic E-state index is -0.945. The smallest absolute Gasteiger partial charge is 0.315 e. The number of aromatic nitrogens is 1. The van der Waals surface area contributed by atoms with Crippen molar-refractivity contribution in [1.29, 1.82) is 0 Å². The molecule has 0 aliphatic carbocycles. The Balaban J connectivity index is 1.87. The SMILES string of the molecule is O=C(O)CCC(=O)[N+]1(Cc2ccncc2)CCc2ccccc2C1c1ccccc1. The lowest BCUT2D eigenvalue weighted by molar-refractivity contribution is -0.895. The van der Waals surface area contributed by atoms with Crippen LogP contribution in [0.15, 0.2) is 79.1 Å². The van der Waals surface area contributed by atoms with Gasteiger partial charge < -0.3 is 5.11 Å². The number of carboxylic acids is 1. The van der Waals surface area contributed by atoms with Gasteiger partial charge in [0.2, 0.25) is 0 Å². The van der Waals surface area contributed by atoms with Gasteiger partial charge >= 0.3 is 11.9 Å². The van der Waals surface area contributed by atoms with Crippen LogP contribution in [-0.4, -0.2) is 33.0 Å². The molecule has 0 spiro atoms. The monoisotopic (exact) mass is 401 g/mol. The van der Waals surface area contributed by atoms with E-state index in [1.165, 1.54) is 5.56 Å². The molecule has 4 rings (SSSR count). The summed E-state index contributed by atoms with van der Waals surface area (Å²) >= 11 is 0. The Hall–Kier alpha value is -3.31. The lowest BCUT2D eigenvalue weighted by Crippen LogP contribution is -2.58. The molecule has 1 aromatic heterocycles. The zero-order chi connectivity index (χ0) is 21.0. The van der Waals surface area contributed by atoms with Crippen molar-refractivity contribution < 1.29 is 19.2 Å². The number of aliphatic carboxylic acids is 1. The third-order valence-electron chi connectivity index (χ3n) is 6.00. The van der Waals surface area contributed by atoms with E-state index in [2.05, 4.69) is 29.2 Å². The summed E-state index contributed by atoms with van der Waals surface area (Å²) < 4.78 is 0.193. The molecule has 2 atom stereocenters. The summed E-state index contributed by atoms with van der Waals surface area (Å²) in [5.41, 5.74) is 4.49. The lowest BCUT2D eigenvalue weighted by atomic mass is 9.84. The quantitative estimate of drug-likeness (QED) is 0.631. The fourth-order valence-corrected chi connectivity index (χ4v) is 4.62. The van der Waals surface area contributed by atoms with E-state index in [-0.39, 0.29) is 29.3 Å². The first-order valence-corrected chi connectivity index (χ1v) is 10.2. The first-order chi connectivity index (χ1) is 14.6. The zero-order valence-electron chi connectivity index (χ0n) is 16.8. The fraction of sp³-hybridized carbons (Fsp3) is 0.240. The Morgan fingerprint density at radius 1 is 0.933 bits per heavy atom. The van der Waals surface area contributed by atoms with Gasteiger partial charge in [-0.1, -0.05) is 54.6 Å². The average molecular weight is 401 g/mol. The van der Waals surface area contributed by atoms with Crippen molar-refractivity contribution in [3.8, 4) is 0 Å². The molecule has 0 saturated heterocycles. The van der Waals surface area contributed by atoms with Crippen LogP contribution in [0.3, 0.4) is 0 Å². The van der Waals surface area contributed by atoms with Gasteiger partial charge in [-0.05, 0) is 17.7 Å². The van der Waals surface area contributed by atoms with Gasteiger partial charge in [-0.2, -0.15) is 0 Å². The predicted octanol–water partition coefficient (Wildman–Crippen LogP) is 4.14. The largest absolute Gasteiger partial charge is 0.481 e. The maximum Gasteiger partial charge on any atom is 0.315 e. The number of fused-ring (bicyclic) bond motifs is 1. The van der Waals surface area contributed by atoms with Crippen molar-refractivity contribution >= 4 is 11.9 Å². The average Bonchev–Trinajstić information content (AvgIpc) is 2.78. The van der Waals surface area contributed by atoms with E-state index in [1.54, 1.807) is 12.4 Å². The summed E-state index contributed by atoms with van der Waals surface area (Å²) in [6.07, 6.45) is 4.12. The second kappa shape index (κ2) is 8.59. The Labute approximate surface area is 176 Å². The number of carboxylic acid groups (broad SMARTS) is 1. The van der Waals surface area contributed by atoms with Crippen LogP contribution in [-0.2, 0) is 22.6 Å². The highest BCUT2D eigenvalue weighted by Gasteiger charge is 2.48. The van der Waals surface area contributed by atoms with Crippen LogP contribution in [0.1, 0.15) is 41.1 Å². The summed E-state index contributed by atoms with van der Waals surface area (Å²) in [4.78, 5) is 29.1. The van der Waals surface area contributed by atoms with Crippen LogP contribution in [0.2, 0.25) is 0 Å². The van der Waals surface area contributed by atoms with Crippen LogP contribution in [0.4, 0.5) is 0 Å². The van der Waals surface area contributed by atoms with Gasteiger partial charge in [0.1, 0.15) is 12.6 Å². The molecule has 0 saturated carbocycles. The van der Waals surface area contributed by atoms with Crippen molar-refractivity contribution in [1.82, 2.24) is 4.98 Å². The molecule has 1 amide bonds. The molecule has 2 unspecified atom stereocenters. The standard InChI is InChI=1S/C25H24N2O3/c28-23(10-11-24(29)30)27(18-19-12-15-26-16-13-19)17-14-20-6-4-5-9-22(20)25(27)21-7-2-1-3-8-21/h1-9,12-13,15-16,25H,10-11,14,17-18H2/p+1. The van der Waals surface area contributed by atoms with E-state index in [1.807, 2.05) is 42.5 Å². The van der Waals surface area contributed by atoms with Crippen molar-refractivity contribution in [2.24, 2.45) is 0 Å². The van der Waals surface area contributed by atoms with Gasteiger partial charge in [-0.15, -0.1) is 0 Å². The topological polar surface area (TPSA) is 67.3 Å². The first-order valence-electron chi connectivity index (χ1n) is 10.2. The number of nitrogens with zero attached hydrogens (tertiary/aromatic N) is 2. The van der Waals surface area contributed by atoms with Gasteiger partial charge in [0.15, 0.2) is 0 Å².